The highest BCUT2D eigenvalue weighted by Gasteiger charge is 2.36. The van der Waals surface area contributed by atoms with Gasteiger partial charge in [-0.25, -0.2) is 9.97 Å². The van der Waals surface area contributed by atoms with Crippen LogP contribution < -0.4 is 4.90 Å². The molecule has 2 fully saturated rings. The van der Waals surface area contributed by atoms with Crippen LogP contribution in [0.1, 0.15) is 36.8 Å². The van der Waals surface area contributed by atoms with Crippen LogP contribution in [0.2, 0.25) is 0 Å². The van der Waals surface area contributed by atoms with Gasteiger partial charge in [-0.2, -0.15) is 18.3 Å². The number of nitrogens with zero attached hydrogens (tertiary/aromatic N) is 6. The largest absolute Gasteiger partial charge is 0.393 e. The van der Waals surface area contributed by atoms with Crippen molar-refractivity contribution in [2.45, 2.75) is 51.4 Å². The third kappa shape index (κ3) is 5.01. The monoisotopic (exact) mass is 478 g/mol. The van der Waals surface area contributed by atoms with Gasteiger partial charge in [0.05, 0.1) is 17.5 Å². The van der Waals surface area contributed by atoms with Crippen molar-refractivity contribution in [1.82, 2.24) is 24.6 Å². The van der Waals surface area contributed by atoms with Gasteiger partial charge in [0.15, 0.2) is 0 Å². The molecule has 0 radical (unpaired) electrons. The minimum Gasteiger partial charge on any atom is -0.356 e. The van der Waals surface area contributed by atoms with E-state index in [9.17, 15) is 13.2 Å². The van der Waals surface area contributed by atoms with Gasteiger partial charge in [0.2, 0.25) is 0 Å². The zero-order valence-electron chi connectivity index (χ0n) is 18.9. The zero-order valence-corrected chi connectivity index (χ0v) is 19.7. The van der Waals surface area contributed by atoms with Crippen molar-refractivity contribution >= 4 is 27.4 Å². The molecule has 3 aromatic heterocycles. The average molecular weight is 479 g/mol. The summed E-state index contributed by atoms with van der Waals surface area (Å²) >= 11 is 1.12. The molecule has 6 nitrogen and oxygen atoms in total. The van der Waals surface area contributed by atoms with Crippen LogP contribution in [-0.2, 0) is 20.0 Å². The van der Waals surface area contributed by atoms with E-state index in [1.807, 2.05) is 17.9 Å². The quantitative estimate of drug-likeness (QED) is 0.546. The number of aromatic nitrogens is 4. The molecule has 0 aromatic carbocycles. The highest BCUT2D eigenvalue weighted by molar-refractivity contribution is 7.18. The standard InChI is InChI=1S/C23H29F3N6S/c1-15-9-16-3-8-32(12-17(16)4-7-31(15)13-18-5-6-30(2)29-18)21-20-10-19(11-23(24,25)26)33-22(20)28-14-27-21/h5-6,10,14-17H,3-4,7-9,11-13H2,1-2H3/t15-,16+,17-/m1/s1. The van der Waals surface area contributed by atoms with Crippen LogP contribution in [0.3, 0.4) is 0 Å². The van der Waals surface area contributed by atoms with Crippen molar-refractivity contribution in [2.75, 3.05) is 24.5 Å². The first kappa shape index (κ1) is 22.6. The van der Waals surface area contributed by atoms with E-state index in [4.69, 9.17) is 0 Å². The first-order valence-corrected chi connectivity index (χ1v) is 12.3. The van der Waals surface area contributed by atoms with Gasteiger partial charge in [0, 0.05) is 43.8 Å². The molecule has 5 rings (SSSR count). The zero-order chi connectivity index (χ0) is 23.2. The molecule has 3 atom stereocenters. The second kappa shape index (κ2) is 8.87. The summed E-state index contributed by atoms with van der Waals surface area (Å²) in [5, 5.41) is 5.30. The molecule has 2 aliphatic heterocycles. The number of aryl methyl sites for hydroxylation is 1. The van der Waals surface area contributed by atoms with Crippen LogP contribution in [0.4, 0.5) is 19.0 Å². The van der Waals surface area contributed by atoms with Crippen LogP contribution in [0.15, 0.2) is 24.7 Å². The number of anilines is 1. The molecule has 0 aliphatic carbocycles. The van der Waals surface area contributed by atoms with Crippen molar-refractivity contribution in [3.63, 3.8) is 0 Å². The Hall–Kier alpha value is -2.20. The van der Waals surface area contributed by atoms with E-state index in [2.05, 4.69) is 37.9 Å². The van der Waals surface area contributed by atoms with Gasteiger partial charge < -0.3 is 4.90 Å². The predicted molar refractivity (Wildman–Crippen MR) is 123 cm³/mol. The molecule has 0 bridgehead atoms. The normalized spacial score (nSPS) is 24.8. The Morgan fingerprint density at radius 2 is 1.97 bits per heavy atom. The van der Waals surface area contributed by atoms with E-state index in [1.54, 1.807) is 6.07 Å². The summed E-state index contributed by atoms with van der Waals surface area (Å²) in [5.41, 5.74) is 1.10. The SMILES string of the molecule is C[C@@H]1C[C@@H]2CCN(c3ncnc4sc(CC(F)(F)F)cc34)C[C@H]2CCN1Cc1ccn(C)n1. The smallest absolute Gasteiger partial charge is 0.356 e. The van der Waals surface area contributed by atoms with Crippen LogP contribution >= 0.6 is 11.3 Å². The number of piperidine rings is 1. The molecule has 0 saturated carbocycles. The number of alkyl halides is 3. The van der Waals surface area contributed by atoms with E-state index in [0.717, 1.165) is 67.3 Å². The number of fused-ring (bicyclic) bond motifs is 2. The number of rotatable bonds is 4. The molecule has 0 spiro atoms. The molecule has 0 amide bonds. The summed E-state index contributed by atoms with van der Waals surface area (Å²) in [5.74, 6) is 1.99. The number of thiophene rings is 1. The topological polar surface area (TPSA) is 50.1 Å². The molecule has 2 saturated heterocycles. The molecule has 178 valence electrons. The minimum atomic E-state index is -4.22. The second-order valence-electron chi connectivity index (χ2n) is 9.50. The Labute approximate surface area is 195 Å². The fourth-order valence-corrected chi connectivity index (χ4v) is 6.49. The highest BCUT2D eigenvalue weighted by atomic mass is 32.1. The maximum Gasteiger partial charge on any atom is 0.393 e. The van der Waals surface area contributed by atoms with Gasteiger partial charge in [-0.3, -0.25) is 9.58 Å². The summed E-state index contributed by atoms with van der Waals surface area (Å²) in [6.45, 7) is 5.99. The molecule has 33 heavy (non-hydrogen) atoms. The molecular formula is C23H29F3N6S. The third-order valence-corrected chi connectivity index (χ3v) is 8.16. The van der Waals surface area contributed by atoms with E-state index in [0.29, 0.717) is 27.6 Å². The summed E-state index contributed by atoms with van der Waals surface area (Å²) < 4.78 is 40.6. The van der Waals surface area contributed by atoms with Gasteiger partial charge in [-0.05, 0) is 56.7 Å². The number of hydrogen-bond acceptors (Lipinski definition) is 6. The fourth-order valence-electron chi connectivity index (χ4n) is 5.47. The molecule has 10 heteroatoms. The molecule has 3 aromatic rings. The summed E-state index contributed by atoms with van der Waals surface area (Å²) in [6.07, 6.45) is 1.70. The summed E-state index contributed by atoms with van der Waals surface area (Å²) in [7, 11) is 1.95. The number of halogens is 3. The van der Waals surface area contributed by atoms with Crippen molar-refractivity contribution in [3.8, 4) is 0 Å². The lowest BCUT2D eigenvalue weighted by atomic mass is 9.81. The summed E-state index contributed by atoms with van der Waals surface area (Å²) in [6, 6.07) is 4.22. The lowest BCUT2D eigenvalue weighted by molar-refractivity contribution is -0.126. The molecular weight excluding hydrogens is 449 g/mol. The molecule has 0 N–H and O–H groups in total. The van der Waals surface area contributed by atoms with Gasteiger partial charge in [0.25, 0.3) is 0 Å². The number of likely N-dealkylation sites (tertiary alicyclic amines) is 1. The Morgan fingerprint density at radius 1 is 1.15 bits per heavy atom. The van der Waals surface area contributed by atoms with E-state index < -0.39 is 12.6 Å². The fraction of sp³-hybridized carbons (Fsp3) is 0.609. The Balaban J connectivity index is 1.31. The first-order chi connectivity index (χ1) is 15.7. The second-order valence-corrected chi connectivity index (χ2v) is 10.6. The third-order valence-electron chi connectivity index (χ3n) is 7.11. The van der Waals surface area contributed by atoms with Crippen LogP contribution in [-0.4, -0.2) is 56.5 Å². The molecule has 0 unspecified atom stereocenters. The lowest BCUT2D eigenvalue weighted by Gasteiger charge is -2.39. The van der Waals surface area contributed by atoms with Gasteiger partial charge >= 0.3 is 6.18 Å². The molecule has 2 aliphatic rings. The van der Waals surface area contributed by atoms with Gasteiger partial charge in [-0.1, -0.05) is 0 Å². The van der Waals surface area contributed by atoms with E-state index in [-0.39, 0.29) is 0 Å². The van der Waals surface area contributed by atoms with Crippen LogP contribution in [0.5, 0.6) is 0 Å². The Morgan fingerprint density at radius 3 is 2.73 bits per heavy atom. The Kier molecular flexibility index (Phi) is 6.07. The Bertz CT molecular complexity index is 1110. The molecule has 5 heterocycles. The van der Waals surface area contributed by atoms with Gasteiger partial charge in [-0.15, -0.1) is 11.3 Å². The van der Waals surface area contributed by atoms with Crippen molar-refractivity contribution in [1.29, 1.82) is 0 Å². The highest BCUT2D eigenvalue weighted by Crippen LogP contribution is 2.39. The van der Waals surface area contributed by atoms with Crippen LogP contribution in [0.25, 0.3) is 10.2 Å². The average Bonchev–Trinajstić information content (AvgIpc) is 3.31. The van der Waals surface area contributed by atoms with E-state index in [1.165, 1.54) is 12.7 Å². The number of hydrogen-bond donors (Lipinski definition) is 0. The minimum absolute atomic E-state index is 0.294. The summed E-state index contributed by atoms with van der Waals surface area (Å²) in [4.78, 5) is 14.5. The maximum atomic E-state index is 12.9. The first-order valence-electron chi connectivity index (χ1n) is 11.5. The maximum absolute atomic E-state index is 12.9. The van der Waals surface area contributed by atoms with E-state index >= 15 is 0 Å². The van der Waals surface area contributed by atoms with Gasteiger partial charge in [0.1, 0.15) is 17.0 Å². The van der Waals surface area contributed by atoms with Crippen molar-refractivity contribution in [2.24, 2.45) is 18.9 Å². The van der Waals surface area contributed by atoms with Crippen LogP contribution in [0, 0.1) is 11.8 Å². The van der Waals surface area contributed by atoms with Crippen molar-refractivity contribution < 1.29 is 13.2 Å². The lowest BCUT2D eigenvalue weighted by Crippen LogP contribution is -2.41. The predicted octanol–water partition coefficient (Wildman–Crippen LogP) is 4.66. The van der Waals surface area contributed by atoms with Crippen molar-refractivity contribution in [3.05, 3.63) is 35.2 Å².